The van der Waals surface area contributed by atoms with Crippen LogP contribution in [0.1, 0.15) is 6.42 Å². The van der Waals surface area contributed by atoms with E-state index in [1.807, 2.05) is 12.2 Å². The van der Waals surface area contributed by atoms with Crippen molar-refractivity contribution in [3.8, 4) is 0 Å². The molecule has 0 aromatic rings. The number of allylic oxidation sites excluding steroid dienone is 4. The van der Waals surface area contributed by atoms with E-state index in [0.29, 0.717) is 0 Å². The molecule has 0 fully saturated rings. The van der Waals surface area contributed by atoms with Gasteiger partial charge in [-0.2, -0.15) is 6.08 Å². The molecule has 0 aromatic heterocycles. The molecule has 1 rings (SSSR count). The first kappa shape index (κ1) is 22.5. The van der Waals surface area contributed by atoms with Gasteiger partial charge >= 0.3 is 0 Å². The Bertz CT molecular complexity index is 70.3. The van der Waals surface area contributed by atoms with Crippen molar-refractivity contribution < 1.29 is 59.6 Å². The van der Waals surface area contributed by atoms with Crippen LogP contribution in [0.4, 0.5) is 0 Å². The Balaban J connectivity index is -0.0000000312. The first-order valence-electron chi connectivity index (χ1n) is 1.72. The molecule has 0 aliphatic heterocycles. The van der Waals surface area contributed by atoms with Crippen LogP contribution >= 0.6 is 0 Å². The van der Waals surface area contributed by atoms with Gasteiger partial charge < -0.3 is 37.2 Å². The molecule has 1 radical (unpaired) electrons. The Morgan fingerprint density at radius 2 is 1.67 bits per heavy atom. The van der Waals surface area contributed by atoms with Gasteiger partial charge in [-0.15, -0.1) is 6.42 Å². The van der Waals surface area contributed by atoms with E-state index >= 15 is 0 Å². The summed E-state index contributed by atoms with van der Waals surface area (Å²) in [5.41, 5.74) is 0. The van der Waals surface area contributed by atoms with Crippen LogP contribution in [0.5, 0.6) is 0 Å². The van der Waals surface area contributed by atoms with Crippen molar-refractivity contribution in [2.45, 2.75) is 6.42 Å². The third-order valence-corrected chi connectivity index (χ3v) is 0.586. The number of halogens is 3. The van der Waals surface area contributed by atoms with Gasteiger partial charge in [-0.1, -0.05) is 0 Å². The summed E-state index contributed by atoms with van der Waals surface area (Å²) in [7, 11) is 0. The molecule has 0 atom stereocenters. The van der Waals surface area contributed by atoms with Gasteiger partial charge in [0.1, 0.15) is 0 Å². The molecular weight excluding hydrogens is 347 g/mol. The van der Waals surface area contributed by atoms with Crippen molar-refractivity contribution in [3.63, 3.8) is 0 Å². The maximum absolute atomic E-state index is 2.99. The number of hydrogen-bond donors (Lipinski definition) is 0. The van der Waals surface area contributed by atoms with Crippen molar-refractivity contribution in [3.05, 3.63) is 24.3 Å². The molecule has 0 amide bonds. The van der Waals surface area contributed by atoms with E-state index in [9.17, 15) is 0 Å². The van der Waals surface area contributed by atoms with E-state index in [1.54, 1.807) is 0 Å². The summed E-state index contributed by atoms with van der Waals surface area (Å²) in [4.78, 5) is 0. The first-order chi connectivity index (χ1) is 2.50. The van der Waals surface area contributed by atoms with E-state index in [1.165, 1.54) is 0 Å². The van der Waals surface area contributed by atoms with Gasteiger partial charge in [0.2, 0.25) is 0 Å². The summed E-state index contributed by atoms with van der Waals surface area (Å²) >= 11 is 0. The van der Waals surface area contributed by atoms with Gasteiger partial charge in [0, 0.05) is 22.4 Å². The van der Waals surface area contributed by atoms with Crippen molar-refractivity contribution in [2.75, 3.05) is 0 Å². The van der Waals surface area contributed by atoms with Gasteiger partial charge in [0.15, 0.2) is 0 Å². The van der Waals surface area contributed by atoms with E-state index < -0.39 is 0 Å². The van der Waals surface area contributed by atoms with Crippen molar-refractivity contribution in [1.82, 2.24) is 0 Å². The first-order valence-corrected chi connectivity index (χ1v) is 1.72. The van der Waals surface area contributed by atoms with E-state index in [-0.39, 0.29) is 59.6 Å². The molecule has 0 saturated carbocycles. The molecule has 1 aliphatic carbocycles. The quantitative estimate of drug-likeness (QED) is 0.380. The van der Waals surface area contributed by atoms with Gasteiger partial charge in [-0.25, -0.2) is 12.2 Å². The topological polar surface area (TPSA) is 0 Å². The monoisotopic (exact) mass is 351 g/mol. The predicted octanol–water partition coefficient (Wildman–Crippen LogP) is -7.68. The molecule has 55 valence electrons. The molecular formula is C5H5Cl3Ta-4. The molecule has 4 heteroatoms. The van der Waals surface area contributed by atoms with E-state index in [4.69, 9.17) is 0 Å². The molecule has 0 unspecified atom stereocenters. The molecule has 0 spiro atoms. The van der Waals surface area contributed by atoms with Crippen LogP contribution in [-0.2, 0) is 22.4 Å². The van der Waals surface area contributed by atoms with Gasteiger partial charge in [0.05, 0.1) is 0 Å². The van der Waals surface area contributed by atoms with Crippen LogP contribution in [0.15, 0.2) is 18.2 Å². The van der Waals surface area contributed by atoms with Gasteiger partial charge in [-0.3, -0.25) is 6.08 Å². The molecule has 9 heavy (non-hydrogen) atoms. The molecule has 0 saturated heterocycles. The minimum Gasteiger partial charge on any atom is -1.00 e. The van der Waals surface area contributed by atoms with Crippen molar-refractivity contribution in [1.29, 1.82) is 0 Å². The summed E-state index contributed by atoms with van der Waals surface area (Å²) in [6.07, 6.45) is 10.0. The Morgan fingerprint density at radius 3 is 1.78 bits per heavy atom. The normalized spacial score (nSPS) is 9.78. The SMILES string of the molecule is [C-]1=CC=CC1.[Cl-].[Cl-].[Cl-].[Ta]. The minimum atomic E-state index is 0. The largest absolute Gasteiger partial charge is 1.00 e. The second-order valence-corrected chi connectivity index (χ2v) is 1.00. The second-order valence-electron chi connectivity index (χ2n) is 1.00. The molecule has 1 aliphatic rings. The summed E-state index contributed by atoms with van der Waals surface area (Å²) in [6.45, 7) is 0. The van der Waals surface area contributed by atoms with Gasteiger partial charge in [-0.05, 0) is 0 Å². The van der Waals surface area contributed by atoms with Crippen molar-refractivity contribution in [2.24, 2.45) is 0 Å². The van der Waals surface area contributed by atoms with E-state index in [2.05, 4.69) is 12.2 Å². The smallest absolute Gasteiger partial charge is 0 e. The van der Waals surface area contributed by atoms with Crippen LogP contribution in [0.2, 0.25) is 0 Å². The van der Waals surface area contributed by atoms with Gasteiger partial charge in [0.25, 0.3) is 0 Å². The second kappa shape index (κ2) is 16.0. The molecule has 0 heterocycles. The molecule has 0 nitrogen and oxygen atoms in total. The molecule has 0 N–H and O–H groups in total. The van der Waals surface area contributed by atoms with Crippen LogP contribution < -0.4 is 37.2 Å². The van der Waals surface area contributed by atoms with Crippen LogP contribution in [0.3, 0.4) is 0 Å². The minimum absolute atomic E-state index is 0. The fraction of sp³-hybridized carbons (Fsp3) is 0.200. The van der Waals surface area contributed by atoms with Crippen LogP contribution in [-0.4, -0.2) is 0 Å². The third kappa shape index (κ3) is 12.3. The zero-order valence-electron chi connectivity index (χ0n) is 4.52. The van der Waals surface area contributed by atoms with Crippen LogP contribution in [0, 0.1) is 6.08 Å². The zero-order chi connectivity index (χ0) is 3.54. The average molecular weight is 352 g/mol. The fourth-order valence-corrected chi connectivity index (χ4v) is 0.340. The Hall–Kier alpha value is 1.09. The van der Waals surface area contributed by atoms with Crippen LogP contribution in [0.25, 0.3) is 0 Å². The Kier molecular flexibility index (Phi) is 40.1. The fourth-order valence-electron chi connectivity index (χ4n) is 0.340. The Labute approximate surface area is 89.9 Å². The number of hydrogen-bond acceptors (Lipinski definition) is 0. The molecule has 0 bridgehead atoms. The Morgan fingerprint density at radius 1 is 1.11 bits per heavy atom. The standard InChI is InChI=1S/C5H5.3ClH.Ta/c1-2-4-5-3-1;;;;/h1-3H,4H2;3*1H;/q-1;;;;/p-3. The summed E-state index contributed by atoms with van der Waals surface area (Å²) in [5, 5.41) is 0. The summed E-state index contributed by atoms with van der Waals surface area (Å²) < 4.78 is 0. The third-order valence-electron chi connectivity index (χ3n) is 0.586. The predicted molar refractivity (Wildman–Crippen MR) is 21.6 cm³/mol. The van der Waals surface area contributed by atoms with E-state index in [0.717, 1.165) is 6.42 Å². The maximum Gasteiger partial charge on any atom is 0 e. The van der Waals surface area contributed by atoms with Crippen molar-refractivity contribution >= 4 is 0 Å². The maximum atomic E-state index is 2.99. The average Bonchev–Trinajstić information content (AvgIpc) is 1.76. The number of rotatable bonds is 0. The molecule has 0 aromatic carbocycles. The summed E-state index contributed by atoms with van der Waals surface area (Å²) in [5.74, 6) is 0. The summed E-state index contributed by atoms with van der Waals surface area (Å²) in [6, 6.07) is 0. The zero-order valence-corrected chi connectivity index (χ0v) is 10.0.